The second-order valence-corrected chi connectivity index (χ2v) is 9.46. The van der Waals surface area contributed by atoms with E-state index in [0.29, 0.717) is 17.7 Å². The van der Waals surface area contributed by atoms with Gasteiger partial charge in [0.15, 0.2) is 5.17 Å². The van der Waals surface area contributed by atoms with Gasteiger partial charge in [0, 0.05) is 18.8 Å². The first kappa shape index (κ1) is 23.5. The van der Waals surface area contributed by atoms with Crippen LogP contribution in [0.2, 0.25) is 0 Å². The summed E-state index contributed by atoms with van der Waals surface area (Å²) < 4.78 is 18.8. The lowest BCUT2D eigenvalue weighted by molar-refractivity contribution is -0.136. The fourth-order valence-corrected chi connectivity index (χ4v) is 5.76. The third-order valence-corrected chi connectivity index (χ3v) is 7.55. The molecule has 0 aromatic heterocycles. The van der Waals surface area contributed by atoms with Gasteiger partial charge in [-0.1, -0.05) is 50.1 Å². The van der Waals surface area contributed by atoms with Crippen molar-refractivity contribution < 1.29 is 18.7 Å². The molecule has 2 aliphatic heterocycles. The number of amidine groups is 1. The SMILES string of the molecule is CCC1=C(C(=O)OC)C(c2ccc(F)cc2)N2C(CC(=O)N(C)C3CCCCC3)=CSC2=N1. The van der Waals surface area contributed by atoms with Crippen LogP contribution in [0.5, 0.6) is 0 Å². The maximum absolute atomic E-state index is 13.7. The number of allylic oxidation sites excluding steroid dienone is 1. The number of carbonyl (C=O) groups excluding carboxylic acids is 2. The lowest BCUT2D eigenvalue weighted by Gasteiger charge is -2.37. The van der Waals surface area contributed by atoms with Crippen molar-refractivity contribution in [2.45, 2.75) is 64.0 Å². The maximum atomic E-state index is 13.7. The fraction of sp³-hybridized carbons (Fsp3) is 0.480. The Kier molecular flexibility index (Phi) is 7.22. The molecule has 33 heavy (non-hydrogen) atoms. The van der Waals surface area contributed by atoms with Gasteiger partial charge in [-0.15, -0.1) is 0 Å². The first-order valence-corrected chi connectivity index (χ1v) is 12.4. The summed E-state index contributed by atoms with van der Waals surface area (Å²) in [6, 6.07) is 5.87. The van der Waals surface area contributed by atoms with Crippen molar-refractivity contribution in [2.75, 3.05) is 14.2 Å². The quantitative estimate of drug-likeness (QED) is 0.538. The number of amides is 1. The minimum atomic E-state index is -0.533. The van der Waals surface area contributed by atoms with Crippen LogP contribution in [0, 0.1) is 5.82 Å². The molecular weight excluding hydrogens is 441 g/mol. The number of methoxy groups -OCH3 is 1. The number of thioether (sulfide) groups is 1. The number of ether oxygens (including phenoxy) is 1. The second-order valence-electron chi connectivity index (χ2n) is 8.62. The van der Waals surface area contributed by atoms with Crippen molar-refractivity contribution in [1.29, 1.82) is 0 Å². The smallest absolute Gasteiger partial charge is 0.338 e. The molecule has 1 fully saturated rings. The second kappa shape index (κ2) is 10.1. The molecule has 1 aromatic rings. The van der Waals surface area contributed by atoms with Gasteiger partial charge in [-0.25, -0.2) is 14.2 Å². The zero-order valence-electron chi connectivity index (χ0n) is 19.3. The number of esters is 1. The van der Waals surface area contributed by atoms with Gasteiger partial charge in [0.05, 0.1) is 30.8 Å². The van der Waals surface area contributed by atoms with Gasteiger partial charge in [0.2, 0.25) is 5.91 Å². The minimum absolute atomic E-state index is 0.0535. The van der Waals surface area contributed by atoms with Crippen LogP contribution in [0.15, 0.2) is 51.6 Å². The highest BCUT2D eigenvalue weighted by molar-refractivity contribution is 8.16. The topological polar surface area (TPSA) is 62.2 Å². The molecule has 0 N–H and O–H groups in total. The lowest BCUT2D eigenvalue weighted by atomic mass is 9.92. The first-order chi connectivity index (χ1) is 15.9. The molecule has 1 saturated carbocycles. The summed E-state index contributed by atoms with van der Waals surface area (Å²) >= 11 is 1.45. The molecule has 0 radical (unpaired) electrons. The average molecular weight is 472 g/mol. The van der Waals surface area contributed by atoms with Crippen molar-refractivity contribution in [3.63, 3.8) is 0 Å². The van der Waals surface area contributed by atoms with Crippen molar-refractivity contribution in [3.8, 4) is 0 Å². The van der Waals surface area contributed by atoms with Gasteiger partial charge in [0.25, 0.3) is 0 Å². The molecule has 0 spiro atoms. The lowest BCUT2D eigenvalue weighted by Crippen LogP contribution is -2.41. The summed E-state index contributed by atoms with van der Waals surface area (Å²) in [6.07, 6.45) is 6.40. The number of halogens is 1. The summed E-state index contributed by atoms with van der Waals surface area (Å²) in [6.45, 7) is 1.94. The van der Waals surface area contributed by atoms with Gasteiger partial charge in [-0.2, -0.15) is 0 Å². The molecule has 6 nitrogen and oxygen atoms in total. The van der Waals surface area contributed by atoms with E-state index in [9.17, 15) is 14.0 Å². The van der Waals surface area contributed by atoms with Crippen LogP contribution in [0.3, 0.4) is 0 Å². The van der Waals surface area contributed by atoms with Crippen LogP contribution < -0.4 is 0 Å². The van der Waals surface area contributed by atoms with E-state index in [0.717, 1.165) is 42.1 Å². The van der Waals surface area contributed by atoms with Crippen molar-refractivity contribution >= 4 is 28.8 Å². The highest BCUT2D eigenvalue weighted by Gasteiger charge is 2.41. The molecule has 2 heterocycles. The van der Waals surface area contributed by atoms with E-state index in [4.69, 9.17) is 9.73 Å². The largest absolute Gasteiger partial charge is 0.466 e. The number of aliphatic imine (C=N–C) groups is 1. The summed E-state index contributed by atoms with van der Waals surface area (Å²) in [4.78, 5) is 34.6. The van der Waals surface area contributed by atoms with Crippen LogP contribution in [-0.4, -0.2) is 47.0 Å². The standard InChI is InChI=1S/C25H30FN3O3S/c1-4-20-22(24(31)32-3)23(16-10-12-17(26)13-11-16)29-19(15-33-25(29)27-20)14-21(30)28(2)18-8-6-5-7-9-18/h10-13,15,18,23H,4-9,14H2,1-3H3. The number of nitrogens with zero attached hydrogens (tertiary/aromatic N) is 3. The van der Waals surface area contributed by atoms with E-state index in [1.54, 1.807) is 12.1 Å². The Hall–Kier alpha value is -2.61. The molecule has 1 unspecified atom stereocenters. The van der Waals surface area contributed by atoms with Gasteiger partial charge in [-0.05, 0) is 42.4 Å². The number of fused-ring (bicyclic) bond motifs is 1. The Bertz CT molecular complexity index is 1010. The molecule has 0 saturated heterocycles. The number of hydrogen-bond donors (Lipinski definition) is 0. The summed E-state index contributed by atoms with van der Waals surface area (Å²) in [5, 5.41) is 2.66. The summed E-state index contributed by atoms with van der Waals surface area (Å²) in [5.41, 5.74) is 2.61. The van der Waals surface area contributed by atoms with Crippen LogP contribution in [0.25, 0.3) is 0 Å². The molecule has 8 heteroatoms. The fourth-order valence-electron chi connectivity index (χ4n) is 4.82. The van der Waals surface area contributed by atoms with E-state index in [2.05, 4.69) is 0 Å². The number of hydrogen-bond acceptors (Lipinski definition) is 6. The predicted molar refractivity (Wildman–Crippen MR) is 128 cm³/mol. The molecule has 0 bridgehead atoms. The Morgan fingerprint density at radius 2 is 1.91 bits per heavy atom. The van der Waals surface area contributed by atoms with E-state index in [-0.39, 0.29) is 24.2 Å². The highest BCUT2D eigenvalue weighted by Crippen LogP contribution is 2.45. The number of carbonyl (C=O) groups is 2. The molecule has 3 aliphatic rings. The van der Waals surface area contributed by atoms with E-state index < -0.39 is 12.0 Å². The molecule has 1 amide bonds. The normalized spacial score (nSPS) is 20.8. The molecular formula is C25H30FN3O3S. The molecule has 1 aliphatic carbocycles. The Morgan fingerprint density at radius 3 is 2.55 bits per heavy atom. The minimum Gasteiger partial charge on any atom is -0.466 e. The number of rotatable bonds is 6. The van der Waals surface area contributed by atoms with Gasteiger partial charge in [-0.3, -0.25) is 4.79 Å². The van der Waals surface area contributed by atoms with Crippen LogP contribution in [0.4, 0.5) is 4.39 Å². The van der Waals surface area contributed by atoms with Crippen molar-refractivity contribution in [3.05, 3.63) is 58.0 Å². The molecule has 1 aromatic carbocycles. The van der Waals surface area contributed by atoms with Gasteiger partial charge < -0.3 is 14.5 Å². The van der Waals surface area contributed by atoms with Crippen LogP contribution in [0.1, 0.15) is 63.5 Å². The Morgan fingerprint density at radius 1 is 1.21 bits per heavy atom. The summed E-state index contributed by atoms with van der Waals surface area (Å²) in [5.74, 6) is -0.762. The molecule has 176 valence electrons. The zero-order valence-corrected chi connectivity index (χ0v) is 20.2. The third-order valence-electron chi connectivity index (χ3n) is 6.66. The van der Waals surface area contributed by atoms with Crippen LogP contribution in [-0.2, 0) is 14.3 Å². The zero-order chi connectivity index (χ0) is 23.5. The average Bonchev–Trinajstić information content (AvgIpc) is 3.25. The van der Waals surface area contributed by atoms with E-state index in [1.807, 2.05) is 29.2 Å². The molecule has 4 rings (SSSR count). The monoisotopic (exact) mass is 471 g/mol. The maximum Gasteiger partial charge on any atom is 0.338 e. The van der Waals surface area contributed by atoms with Crippen molar-refractivity contribution in [2.24, 2.45) is 4.99 Å². The Balaban J connectivity index is 1.67. The molecule has 1 atom stereocenters. The van der Waals surface area contributed by atoms with E-state index in [1.165, 1.54) is 37.4 Å². The van der Waals surface area contributed by atoms with Crippen LogP contribution >= 0.6 is 11.8 Å². The predicted octanol–water partition coefficient (Wildman–Crippen LogP) is 5.14. The van der Waals surface area contributed by atoms with Crippen molar-refractivity contribution in [1.82, 2.24) is 9.80 Å². The van der Waals surface area contributed by atoms with Gasteiger partial charge >= 0.3 is 5.97 Å². The third kappa shape index (κ3) is 4.71. The summed E-state index contributed by atoms with van der Waals surface area (Å²) in [7, 11) is 3.24. The first-order valence-electron chi connectivity index (χ1n) is 11.5. The highest BCUT2D eigenvalue weighted by atomic mass is 32.2. The Labute approximate surface area is 198 Å². The number of benzene rings is 1. The van der Waals surface area contributed by atoms with Gasteiger partial charge in [0.1, 0.15) is 5.82 Å². The van der Waals surface area contributed by atoms with E-state index >= 15 is 0 Å².